The van der Waals surface area contributed by atoms with Crippen LogP contribution in [0, 0.1) is 11.8 Å². The van der Waals surface area contributed by atoms with Crippen molar-refractivity contribution in [3.8, 4) is 0 Å². The molecule has 2 fully saturated rings. The number of carbonyl (C=O) groups is 2. The molecule has 1 aromatic rings. The average Bonchev–Trinajstić information content (AvgIpc) is 3.37. The Hall–Kier alpha value is -2.11. The summed E-state index contributed by atoms with van der Waals surface area (Å²) >= 11 is 0. The van der Waals surface area contributed by atoms with Crippen molar-refractivity contribution in [1.29, 1.82) is 0 Å². The maximum Gasteiger partial charge on any atom is 0.254 e. The van der Waals surface area contributed by atoms with Gasteiger partial charge in [-0.2, -0.15) is 0 Å². The molecule has 2 amide bonds. The number of aromatic nitrogens is 1. The lowest BCUT2D eigenvalue weighted by Crippen LogP contribution is -2.48. The molecule has 0 spiro atoms. The fourth-order valence-electron chi connectivity index (χ4n) is 3.31. The Morgan fingerprint density at radius 3 is 2.79 bits per heavy atom. The molecule has 24 heavy (non-hydrogen) atoms. The van der Waals surface area contributed by atoms with Crippen LogP contribution in [0.15, 0.2) is 18.3 Å². The van der Waals surface area contributed by atoms with E-state index >= 15 is 0 Å². The second-order valence-corrected chi connectivity index (χ2v) is 7.27. The van der Waals surface area contributed by atoms with Gasteiger partial charge < -0.3 is 15.5 Å². The third kappa shape index (κ3) is 3.68. The number of hydrogen-bond acceptors (Lipinski definition) is 4. The normalized spacial score (nSPS) is 22.0. The third-order valence-corrected chi connectivity index (χ3v) is 4.96. The highest BCUT2D eigenvalue weighted by Crippen LogP contribution is 2.32. The van der Waals surface area contributed by atoms with Crippen LogP contribution in [0.3, 0.4) is 0 Å². The highest BCUT2D eigenvalue weighted by molar-refractivity contribution is 5.95. The summed E-state index contributed by atoms with van der Waals surface area (Å²) in [6, 6.07) is 3.35. The van der Waals surface area contributed by atoms with Crippen molar-refractivity contribution >= 4 is 17.6 Å². The molecule has 0 bridgehead atoms. The lowest BCUT2D eigenvalue weighted by Gasteiger charge is -2.34. The molecule has 130 valence electrons. The SMILES string of the molecule is CC(C)[C@H]1CN(C(=O)c2ccnc(N)c2)CCC(=O)N1CC1CC1. The van der Waals surface area contributed by atoms with Gasteiger partial charge in [0.25, 0.3) is 5.91 Å². The number of nitrogens with zero attached hydrogens (tertiary/aromatic N) is 3. The maximum absolute atomic E-state index is 12.8. The molecule has 2 N–H and O–H groups in total. The van der Waals surface area contributed by atoms with Gasteiger partial charge in [-0.25, -0.2) is 4.98 Å². The molecule has 0 radical (unpaired) electrons. The Balaban J connectivity index is 1.79. The summed E-state index contributed by atoms with van der Waals surface area (Å²) in [5.41, 5.74) is 6.23. The van der Waals surface area contributed by atoms with Gasteiger partial charge in [-0.05, 0) is 36.8 Å². The third-order valence-electron chi connectivity index (χ3n) is 4.96. The van der Waals surface area contributed by atoms with Crippen molar-refractivity contribution in [1.82, 2.24) is 14.8 Å². The van der Waals surface area contributed by atoms with E-state index in [0.29, 0.717) is 42.7 Å². The van der Waals surface area contributed by atoms with Gasteiger partial charge >= 0.3 is 0 Å². The Morgan fingerprint density at radius 2 is 2.17 bits per heavy atom. The van der Waals surface area contributed by atoms with E-state index in [-0.39, 0.29) is 17.9 Å². The molecule has 2 aliphatic rings. The van der Waals surface area contributed by atoms with Gasteiger partial charge in [0.15, 0.2) is 0 Å². The Bertz CT molecular complexity index is 627. The van der Waals surface area contributed by atoms with E-state index in [0.717, 1.165) is 6.54 Å². The van der Waals surface area contributed by atoms with Crippen molar-refractivity contribution in [3.63, 3.8) is 0 Å². The van der Waals surface area contributed by atoms with Crippen LogP contribution in [0.25, 0.3) is 0 Å². The van der Waals surface area contributed by atoms with E-state index in [2.05, 4.69) is 18.8 Å². The quantitative estimate of drug-likeness (QED) is 0.912. The predicted octanol–water partition coefficient (Wildman–Crippen LogP) is 1.77. The monoisotopic (exact) mass is 330 g/mol. The van der Waals surface area contributed by atoms with Crippen LogP contribution in [0.1, 0.15) is 43.5 Å². The lowest BCUT2D eigenvalue weighted by atomic mass is 10.0. The van der Waals surface area contributed by atoms with Gasteiger partial charge in [0.05, 0.1) is 6.04 Å². The molecule has 2 heterocycles. The second-order valence-electron chi connectivity index (χ2n) is 7.27. The summed E-state index contributed by atoms with van der Waals surface area (Å²) in [6.45, 7) is 6.12. The first kappa shape index (κ1) is 16.7. The molecule has 1 aliphatic carbocycles. The largest absolute Gasteiger partial charge is 0.384 e. The van der Waals surface area contributed by atoms with Crippen molar-refractivity contribution < 1.29 is 9.59 Å². The van der Waals surface area contributed by atoms with Crippen LogP contribution >= 0.6 is 0 Å². The van der Waals surface area contributed by atoms with E-state index in [9.17, 15) is 9.59 Å². The Labute approximate surface area is 143 Å². The standard InChI is InChI=1S/C18H26N4O2/c1-12(2)15-11-21(18(24)14-5-7-20-16(19)9-14)8-6-17(23)22(15)10-13-3-4-13/h5,7,9,12-13,15H,3-4,6,8,10-11H2,1-2H3,(H2,19,20)/t15-/m1/s1. The zero-order valence-corrected chi connectivity index (χ0v) is 14.4. The smallest absolute Gasteiger partial charge is 0.254 e. The molecule has 6 heteroatoms. The minimum Gasteiger partial charge on any atom is -0.384 e. The topological polar surface area (TPSA) is 79.5 Å². The highest BCUT2D eigenvalue weighted by atomic mass is 16.2. The van der Waals surface area contributed by atoms with Gasteiger partial charge in [0.1, 0.15) is 5.82 Å². The highest BCUT2D eigenvalue weighted by Gasteiger charge is 2.36. The van der Waals surface area contributed by atoms with Crippen LogP contribution in [-0.4, -0.2) is 52.3 Å². The minimum absolute atomic E-state index is 0.0729. The van der Waals surface area contributed by atoms with Crippen LogP contribution in [-0.2, 0) is 4.79 Å². The van der Waals surface area contributed by atoms with E-state index in [4.69, 9.17) is 5.73 Å². The molecule has 1 saturated heterocycles. The van der Waals surface area contributed by atoms with Crippen molar-refractivity contribution in [2.75, 3.05) is 25.4 Å². The summed E-state index contributed by atoms with van der Waals surface area (Å²) in [4.78, 5) is 33.2. The fraction of sp³-hybridized carbons (Fsp3) is 0.611. The molecule has 1 saturated carbocycles. The van der Waals surface area contributed by atoms with Gasteiger partial charge in [0, 0.05) is 37.8 Å². The number of pyridine rings is 1. The van der Waals surface area contributed by atoms with Crippen molar-refractivity contribution in [2.45, 2.75) is 39.2 Å². The van der Waals surface area contributed by atoms with Crippen molar-refractivity contribution in [2.24, 2.45) is 11.8 Å². The van der Waals surface area contributed by atoms with Gasteiger partial charge in [-0.3, -0.25) is 9.59 Å². The van der Waals surface area contributed by atoms with Gasteiger partial charge in [-0.1, -0.05) is 13.8 Å². The van der Waals surface area contributed by atoms with Gasteiger partial charge in [0.2, 0.25) is 5.91 Å². The number of nitrogens with two attached hydrogens (primary N) is 1. The van der Waals surface area contributed by atoms with Crippen LogP contribution in [0.2, 0.25) is 0 Å². The summed E-state index contributed by atoms with van der Waals surface area (Å²) in [5, 5.41) is 0. The molecule has 6 nitrogen and oxygen atoms in total. The molecule has 1 atom stereocenters. The molecule has 0 aromatic carbocycles. The van der Waals surface area contributed by atoms with E-state index in [1.165, 1.54) is 12.8 Å². The first-order valence-electron chi connectivity index (χ1n) is 8.76. The Morgan fingerprint density at radius 1 is 1.42 bits per heavy atom. The van der Waals surface area contributed by atoms with Crippen molar-refractivity contribution in [3.05, 3.63) is 23.9 Å². The summed E-state index contributed by atoms with van der Waals surface area (Å²) in [5.74, 6) is 1.39. The van der Waals surface area contributed by atoms with Crippen LogP contribution in [0.5, 0.6) is 0 Å². The minimum atomic E-state index is -0.0733. The van der Waals surface area contributed by atoms with Crippen LogP contribution in [0.4, 0.5) is 5.82 Å². The first-order valence-corrected chi connectivity index (χ1v) is 8.76. The summed E-state index contributed by atoms with van der Waals surface area (Å²) < 4.78 is 0. The Kier molecular flexibility index (Phi) is 4.73. The number of carbonyl (C=O) groups excluding carboxylic acids is 2. The molecule has 1 aromatic heterocycles. The van der Waals surface area contributed by atoms with Gasteiger partial charge in [-0.15, -0.1) is 0 Å². The molecule has 0 unspecified atom stereocenters. The number of rotatable bonds is 4. The van der Waals surface area contributed by atoms with E-state index < -0.39 is 0 Å². The molecular weight excluding hydrogens is 304 g/mol. The first-order chi connectivity index (χ1) is 11.5. The van der Waals surface area contributed by atoms with E-state index in [1.807, 2.05) is 4.90 Å². The van der Waals surface area contributed by atoms with E-state index in [1.54, 1.807) is 23.2 Å². The number of anilines is 1. The predicted molar refractivity (Wildman–Crippen MR) is 92.2 cm³/mol. The maximum atomic E-state index is 12.8. The lowest BCUT2D eigenvalue weighted by molar-refractivity contribution is -0.133. The number of hydrogen-bond donors (Lipinski definition) is 1. The van der Waals surface area contributed by atoms with Crippen LogP contribution < -0.4 is 5.73 Å². The number of nitrogen functional groups attached to an aromatic ring is 1. The zero-order valence-electron chi connectivity index (χ0n) is 14.4. The summed E-state index contributed by atoms with van der Waals surface area (Å²) in [7, 11) is 0. The molecular formula is C18H26N4O2. The molecule has 1 aliphatic heterocycles. The average molecular weight is 330 g/mol. The summed E-state index contributed by atoms with van der Waals surface area (Å²) in [6.07, 6.45) is 4.37. The molecule has 3 rings (SSSR count). The second kappa shape index (κ2) is 6.79. The fourth-order valence-corrected chi connectivity index (χ4v) is 3.31. The zero-order chi connectivity index (χ0) is 17.3. The number of amides is 2.